The molecule has 0 fully saturated rings. The summed E-state index contributed by atoms with van der Waals surface area (Å²) in [4.78, 5) is 4.46. The van der Waals surface area contributed by atoms with E-state index in [2.05, 4.69) is 38.0 Å². The lowest BCUT2D eigenvalue weighted by atomic mass is 9.96. The Bertz CT molecular complexity index is 442. The maximum Gasteiger partial charge on any atom is 0.126 e. The number of nitrogens with zero attached hydrogens (tertiary/aromatic N) is 2. The first kappa shape index (κ1) is 9.25. The van der Waals surface area contributed by atoms with E-state index in [1.807, 2.05) is 6.92 Å². The zero-order chi connectivity index (χ0) is 10.5. The maximum atomic E-state index is 4.46. The quantitative estimate of drug-likeness (QED) is 0.596. The van der Waals surface area contributed by atoms with E-state index in [9.17, 15) is 0 Å². The van der Waals surface area contributed by atoms with Crippen LogP contribution < -0.4 is 5.32 Å². The Hall–Kier alpha value is -1.31. The second kappa shape index (κ2) is 2.84. The van der Waals surface area contributed by atoms with Crippen LogP contribution in [-0.4, -0.2) is 5.84 Å². The summed E-state index contributed by atoms with van der Waals surface area (Å²) < 4.78 is 0. The Kier molecular flexibility index (Phi) is 1.88. The zero-order valence-corrected chi connectivity index (χ0v) is 9.39. The van der Waals surface area contributed by atoms with Crippen molar-refractivity contribution in [1.82, 2.24) is 5.32 Å². The zero-order valence-electron chi connectivity index (χ0n) is 9.39. The molecule has 0 saturated heterocycles. The topological polar surface area (TPSA) is 26.5 Å². The molecule has 1 aliphatic rings. The van der Waals surface area contributed by atoms with Gasteiger partial charge < -0.3 is 0 Å². The van der Waals surface area contributed by atoms with Crippen LogP contribution in [0.15, 0.2) is 4.99 Å². The van der Waals surface area contributed by atoms with Crippen molar-refractivity contribution in [2.45, 2.75) is 34.6 Å². The fourth-order valence-electron chi connectivity index (χ4n) is 1.90. The van der Waals surface area contributed by atoms with Crippen LogP contribution in [-0.2, 0) is 0 Å². The molecule has 1 aromatic rings. The molecule has 0 spiro atoms. The Morgan fingerprint density at radius 1 is 0.643 bits per heavy atom. The van der Waals surface area contributed by atoms with Crippen molar-refractivity contribution in [3.63, 3.8) is 0 Å². The molecule has 2 nitrogen and oxygen atoms in total. The van der Waals surface area contributed by atoms with Crippen LogP contribution in [0.3, 0.4) is 0 Å². The number of amidine groups is 1. The van der Waals surface area contributed by atoms with Crippen LogP contribution in [0.25, 0.3) is 0 Å². The summed E-state index contributed by atoms with van der Waals surface area (Å²) in [5.41, 5.74) is 7.36. The van der Waals surface area contributed by atoms with E-state index in [1.165, 1.54) is 22.3 Å². The van der Waals surface area contributed by atoms with Gasteiger partial charge in [0.15, 0.2) is 0 Å². The van der Waals surface area contributed by atoms with E-state index < -0.39 is 0 Å². The van der Waals surface area contributed by atoms with Gasteiger partial charge in [-0.15, -0.1) is 0 Å². The molecule has 1 aliphatic heterocycles. The van der Waals surface area contributed by atoms with Crippen molar-refractivity contribution in [3.8, 4) is 0 Å². The number of hydrogen-bond donors (Lipinski definition) is 0. The summed E-state index contributed by atoms with van der Waals surface area (Å²) in [6.07, 6.45) is 0. The molecule has 2 heteroatoms. The van der Waals surface area contributed by atoms with Gasteiger partial charge in [0, 0.05) is 0 Å². The molecular weight excluding hydrogens is 172 g/mol. The number of fused-ring (bicyclic) bond motifs is 1. The molecule has 0 amide bonds. The third-order valence-electron chi connectivity index (χ3n) is 3.17. The first-order valence-electron chi connectivity index (χ1n) is 4.89. The van der Waals surface area contributed by atoms with E-state index in [-0.39, 0.29) is 0 Å². The number of benzene rings is 1. The van der Waals surface area contributed by atoms with Crippen LogP contribution >= 0.6 is 0 Å². The first-order valence-corrected chi connectivity index (χ1v) is 4.89. The van der Waals surface area contributed by atoms with Crippen molar-refractivity contribution in [3.05, 3.63) is 22.3 Å². The fraction of sp³-hybridized carbons (Fsp3) is 0.417. The van der Waals surface area contributed by atoms with Crippen molar-refractivity contribution < 1.29 is 0 Å². The highest BCUT2D eigenvalue weighted by atomic mass is 15.1. The molecule has 2 rings (SSSR count). The minimum atomic E-state index is 0.871. The third kappa shape index (κ3) is 1.07. The molecule has 0 bridgehead atoms. The van der Waals surface area contributed by atoms with Gasteiger partial charge in [-0.25, -0.2) is 10.3 Å². The average Bonchev–Trinajstić information content (AvgIpc) is 2.54. The van der Waals surface area contributed by atoms with Gasteiger partial charge in [-0.1, -0.05) is 0 Å². The Labute approximate surface area is 85.1 Å². The highest BCUT2D eigenvalue weighted by molar-refractivity contribution is 5.97. The lowest BCUT2D eigenvalue weighted by Crippen LogP contribution is -2.02. The first-order chi connectivity index (χ1) is 6.52. The van der Waals surface area contributed by atoms with E-state index in [0.717, 1.165) is 17.2 Å². The van der Waals surface area contributed by atoms with Gasteiger partial charge in [-0.2, -0.15) is 0 Å². The molecule has 14 heavy (non-hydrogen) atoms. The SMILES string of the molecule is CC1=Nc2c(C)c(C)c(C)c(C)c2[N]1. The minimum Gasteiger partial charge on any atom is -0.231 e. The van der Waals surface area contributed by atoms with Crippen LogP contribution in [0, 0.1) is 27.7 Å². The van der Waals surface area contributed by atoms with Crippen molar-refractivity contribution in [2.24, 2.45) is 4.99 Å². The van der Waals surface area contributed by atoms with Gasteiger partial charge in [-0.3, -0.25) is 0 Å². The molecule has 1 aromatic carbocycles. The van der Waals surface area contributed by atoms with E-state index in [0.29, 0.717) is 0 Å². The van der Waals surface area contributed by atoms with Gasteiger partial charge in [0.25, 0.3) is 0 Å². The van der Waals surface area contributed by atoms with Gasteiger partial charge in [0.2, 0.25) is 0 Å². The summed E-state index contributed by atoms with van der Waals surface area (Å²) in [6.45, 7) is 10.5. The Morgan fingerprint density at radius 3 is 1.71 bits per heavy atom. The molecular formula is C12H15N2. The monoisotopic (exact) mass is 187 g/mol. The minimum absolute atomic E-state index is 0.871. The fourth-order valence-corrected chi connectivity index (χ4v) is 1.90. The highest BCUT2D eigenvalue weighted by Crippen LogP contribution is 2.40. The third-order valence-corrected chi connectivity index (χ3v) is 3.17. The van der Waals surface area contributed by atoms with Gasteiger partial charge >= 0.3 is 0 Å². The van der Waals surface area contributed by atoms with E-state index >= 15 is 0 Å². The lowest BCUT2D eigenvalue weighted by Gasteiger charge is -2.12. The van der Waals surface area contributed by atoms with Crippen molar-refractivity contribution >= 4 is 17.2 Å². The number of aliphatic imine (C=N–C) groups is 1. The summed E-state index contributed by atoms with van der Waals surface area (Å²) in [5.74, 6) is 0.871. The smallest absolute Gasteiger partial charge is 0.126 e. The normalized spacial score (nSPS) is 13.6. The molecule has 0 N–H and O–H groups in total. The predicted molar refractivity (Wildman–Crippen MR) is 60.0 cm³/mol. The standard InChI is InChI=1S/C12H15N2/c1-6-7(2)9(4)12-11(8(6)3)13-10(5)14-12/h1-5H3. The van der Waals surface area contributed by atoms with E-state index in [4.69, 9.17) is 0 Å². The van der Waals surface area contributed by atoms with E-state index in [1.54, 1.807) is 0 Å². The molecule has 0 aromatic heterocycles. The molecule has 0 unspecified atom stereocenters. The van der Waals surface area contributed by atoms with Crippen LogP contribution in [0.5, 0.6) is 0 Å². The summed E-state index contributed by atoms with van der Waals surface area (Å²) in [7, 11) is 0. The Balaban J connectivity index is 2.78. The van der Waals surface area contributed by atoms with Crippen LogP contribution in [0.4, 0.5) is 11.4 Å². The molecule has 73 valence electrons. The summed E-state index contributed by atoms with van der Waals surface area (Å²) in [5, 5.41) is 4.46. The number of rotatable bonds is 0. The molecule has 1 heterocycles. The highest BCUT2D eigenvalue weighted by Gasteiger charge is 2.20. The second-order valence-electron chi connectivity index (χ2n) is 3.97. The van der Waals surface area contributed by atoms with Gasteiger partial charge in [-0.05, 0) is 56.9 Å². The average molecular weight is 187 g/mol. The molecule has 1 radical (unpaired) electrons. The summed E-state index contributed by atoms with van der Waals surface area (Å²) in [6, 6.07) is 0. The molecule has 0 saturated carbocycles. The molecule has 0 aliphatic carbocycles. The van der Waals surface area contributed by atoms with Gasteiger partial charge in [0.1, 0.15) is 5.84 Å². The predicted octanol–water partition coefficient (Wildman–Crippen LogP) is 3.22. The Morgan fingerprint density at radius 2 is 1.14 bits per heavy atom. The molecule has 0 atom stereocenters. The van der Waals surface area contributed by atoms with Crippen molar-refractivity contribution in [2.75, 3.05) is 0 Å². The van der Waals surface area contributed by atoms with Crippen LogP contribution in [0.2, 0.25) is 0 Å². The van der Waals surface area contributed by atoms with Crippen LogP contribution in [0.1, 0.15) is 29.2 Å². The second-order valence-corrected chi connectivity index (χ2v) is 3.97. The summed E-state index contributed by atoms with van der Waals surface area (Å²) >= 11 is 0. The van der Waals surface area contributed by atoms with Gasteiger partial charge in [0.05, 0.1) is 11.4 Å². The maximum absolute atomic E-state index is 4.46. The number of hydrogen-bond acceptors (Lipinski definition) is 1. The largest absolute Gasteiger partial charge is 0.231 e. The van der Waals surface area contributed by atoms with Crippen molar-refractivity contribution in [1.29, 1.82) is 0 Å². The lowest BCUT2D eigenvalue weighted by molar-refractivity contribution is 1.17.